The van der Waals surface area contributed by atoms with E-state index >= 15 is 0 Å². The third kappa shape index (κ3) is 2.97. The third-order valence-corrected chi connectivity index (χ3v) is 3.75. The standard InChI is InChI=1S/C14H12N4O2S/c19-14(20)13-17-10-4-2-1-3-9(10)12(18-13)16-6-5-11-15-7-8-21-11/h1-4,7-8H,5-6H2,(H,19,20)(H,16,17,18). The molecule has 0 aliphatic heterocycles. The number of aromatic nitrogens is 3. The molecule has 0 saturated carbocycles. The minimum absolute atomic E-state index is 0.203. The lowest BCUT2D eigenvalue weighted by Crippen LogP contribution is -2.11. The SMILES string of the molecule is O=C(O)c1nc(NCCc2nccs2)c2ccccc2n1. The summed E-state index contributed by atoms with van der Waals surface area (Å²) < 4.78 is 0. The van der Waals surface area contributed by atoms with Crippen LogP contribution in [0.2, 0.25) is 0 Å². The van der Waals surface area contributed by atoms with Crippen molar-refractivity contribution < 1.29 is 9.90 Å². The summed E-state index contributed by atoms with van der Waals surface area (Å²) in [7, 11) is 0. The largest absolute Gasteiger partial charge is 0.475 e. The second-order valence-electron chi connectivity index (χ2n) is 4.32. The molecule has 3 aromatic rings. The molecule has 7 heteroatoms. The molecule has 0 fully saturated rings. The Bertz CT molecular complexity index is 774. The zero-order chi connectivity index (χ0) is 14.7. The van der Waals surface area contributed by atoms with Gasteiger partial charge in [-0.1, -0.05) is 12.1 Å². The van der Waals surface area contributed by atoms with E-state index in [1.165, 1.54) is 0 Å². The van der Waals surface area contributed by atoms with E-state index in [2.05, 4.69) is 20.3 Å². The second-order valence-corrected chi connectivity index (χ2v) is 5.30. The van der Waals surface area contributed by atoms with E-state index in [4.69, 9.17) is 5.11 Å². The van der Waals surface area contributed by atoms with Crippen LogP contribution in [0.25, 0.3) is 10.9 Å². The lowest BCUT2D eigenvalue weighted by atomic mass is 10.2. The van der Waals surface area contributed by atoms with Gasteiger partial charge < -0.3 is 10.4 Å². The average Bonchev–Trinajstić information content (AvgIpc) is 3.00. The number of para-hydroxylation sites is 1. The normalized spacial score (nSPS) is 10.7. The number of rotatable bonds is 5. The number of aromatic carboxylic acids is 1. The van der Waals surface area contributed by atoms with Crippen molar-refractivity contribution in [1.29, 1.82) is 0 Å². The number of hydrogen-bond acceptors (Lipinski definition) is 6. The first-order chi connectivity index (χ1) is 10.2. The van der Waals surface area contributed by atoms with E-state index in [-0.39, 0.29) is 5.82 Å². The topological polar surface area (TPSA) is 88.0 Å². The summed E-state index contributed by atoms with van der Waals surface area (Å²) in [5.74, 6) is -0.802. The summed E-state index contributed by atoms with van der Waals surface area (Å²) >= 11 is 1.59. The van der Waals surface area contributed by atoms with Crippen molar-refractivity contribution in [2.45, 2.75) is 6.42 Å². The molecule has 6 nitrogen and oxygen atoms in total. The second kappa shape index (κ2) is 5.84. The van der Waals surface area contributed by atoms with Gasteiger partial charge in [0.25, 0.3) is 0 Å². The third-order valence-electron chi connectivity index (χ3n) is 2.91. The first-order valence-corrected chi connectivity index (χ1v) is 7.24. The van der Waals surface area contributed by atoms with Crippen molar-refractivity contribution in [2.24, 2.45) is 0 Å². The highest BCUT2D eigenvalue weighted by molar-refractivity contribution is 7.09. The number of anilines is 1. The average molecular weight is 300 g/mol. The first-order valence-electron chi connectivity index (χ1n) is 6.36. The van der Waals surface area contributed by atoms with Gasteiger partial charge in [0.15, 0.2) is 0 Å². The number of carboxylic acids is 1. The maximum atomic E-state index is 11.1. The summed E-state index contributed by atoms with van der Waals surface area (Å²) in [5.41, 5.74) is 0.613. The van der Waals surface area contributed by atoms with E-state index in [1.54, 1.807) is 23.6 Å². The van der Waals surface area contributed by atoms with Gasteiger partial charge in [-0.15, -0.1) is 11.3 Å². The number of carbonyl (C=O) groups is 1. The Morgan fingerprint density at radius 3 is 2.90 bits per heavy atom. The highest BCUT2D eigenvalue weighted by Gasteiger charge is 2.12. The minimum atomic E-state index is -1.14. The lowest BCUT2D eigenvalue weighted by molar-refractivity contribution is 0.0684. The monoisotopic (exact) mass is 300 g/mol. The zero-order valence-corrected chi connectivity index (χ0v) is 11.8. The molecule has 2 heterocycles. The van der Waals surface area contributed by atoms with Gasteiger partial charge in [-0.2, -0.15) is 0 Å². The van der Waals surface area contributed by atoms with Gasteiger partial charge in [-0.25, -0.2) is 19.7 Å². The fourth-order valence-electron chi connectivity index (χ4n) is 1.97. The summed E-state index contributed by atoms with van der Waals surface area (Å²) in [6.07, 6.45) is 2.53. The Labute approximate surface area is 124 Å². The smallest absolute Gasteiger partial charge is 0.374 e. The molecule has 0 aliphatic rings. The molecule has 21 heavy (non-hydrogen) atoms. The van der Waals surface area contributed by atoms with Crippen LogP contribution in [0.3, 0.4) is 0 Å². The predicted molar refractivity (Wildman–Crippen MR) is 80.8 cm³/mol. The molecule has 0 amide bonds. The van der Waals surface area contributed by atoms with Gasteiger partial charge in [0.1, 0.15) is 5.82 Å². The van der Waals surface area contributed by atoms with Crippen LogP contribution in [-0.2, 0) is 6.42 Å². The highest BCUT2D eigenvalue weighted by Crippen LogP contribution is 2.20. The summed E-state index contributed by atoms with van der Waals surface area (Å²) in [6.45, 7) is 0.633. The van der Waals surface area contributed by atoms with Crippen molar-refractivity contribution >= 4 is 34.0 Å². The van der Waals surface area contributed by atoms with Gasteiger partial charge in [0, 0.05) is 29.9 Å². The zero-order valence-electron chi connectivity index (χ0n) is 11.0. The van der Waals surface area contributed by atoms with E-state index in [1.807, 2.05) is 23.6 Å². The maximum Gasteiger partial charge on any atom is 0.374 e. The van der Waals surface area contributed by atoms with E-state index < -0.39 is 5.97 Å². The molecular weight excluding hydrogens is 288 g/mol. The molecule has 1 aromatic carbocycles. The van der Waals surface area contributed by atoms with Gasteiger partial charge in [-0.05, 0) is 12.1 Å². The Morgan fingerprint density at radius 2 is 2.14 bits per heavy atom. The number of benzene rings is 1. The van der Waals surface area contributed by atoms with E-state index in [0.717, 1.165) is 16.8 Å². The number of fused-ring (bicyclic) bond motifs is 1. The van der Waals surface area contributed by atoms with Crippen molar-refractivity contribution in [1.82, 2.24) is 15.0 Å². The summed E-state index contributed by atoms with van der Waals surface area (Å²) in [4.78, 5) is 23.4. The number of hydrogen-bond donors (Lipinski definition) is 2. The summed E-state index contributed by atoms with van der Waals surface area (Å²) in [6, 6.07) is 7.33. The maximum absolute atomic E-state index is 11.1. The van der Waals surface area contributed by atoms with Crippen LogP contribution in [0.15, 0.2) is 35.8 Å². The molecule has 0 unspecified atom stereocenters. The quantitative estimate of drug-likeness (QED) is 0.752. The minimum Gasteiger partial charge on any atom is -0.475 e. The van der Waals surface area contributed by atoms with Crippen LogP contribution in [0.5, 0.6) is 0 Å². The van der Waals surface area contributed by atoms with Gasteiger partial charge in [-0.3, -0.25) is 0 Å². The highest BCUT2D eigenvalue weighted by atomic mass is 32.1. The number of thiazole rings is 1. The van der Waals surface area contributed by atoms with Gasteiger partial charge >= 0.3 is 5.97 Å². The van der Waals surface area contributed by atoms with Crippen LogP contribution < -0.4 is 5.32 Å². The van der Waals surface area contributed by atoms with Crippen molar-refractivity contribution in [3.63, 3.8) is 0 Å². The van der Waals surface area contributed by atoms with Crippen LogP contribution in [0, 0.1) is 0 Å². The fourth-order valence-corrected chi connectivity index (χ4v) is 2.59. The molecule has 2 aromatic heterocycles. The van der Waals surface area contributed by atoms with Crippen LogP contribution in [-0.4, -0.2) is 32.6 Å². The molecule has 3 rings (SSSR count). The van der Waals surface area contributed by atoms with E-state index in [0.29, 0.717) is 17.9 Å². The van der Waals surface area contributed by atoms with Gasteiger partial charge in [0.2, 0.25) is 5.82 Å². The van der Waals surface area contributed by atoms with E-state index in [9.17, 15) is 4.79 Å². The molecule has 0 aliphatic carbocycles. The lowest BCUT2D eigenvalue weighted by Gasteiger charge is -2.08. The molecule has 106 valence electrons. The van der Waals surface area contributed by atoms with Crippen molar-refractivity contribution in [3.8, 4) is 0 Å². The molecule has 0 atom stereocenters. The van der Waals surface area contributed by atoms with Crippen LogP contribution in [0.1, 0.15) is 15.6 Å². The Hall–Kier alpha value is -2.54. The molecular formula is C14H12N4O2S. The Morgan fingerprint density at radius 1 is 1.29 bits per heavy atom. The number of nitrogens with one attached hydrogen (secondary N) is 1. The Kier molecular flexibility index (Phi) is 3.74. The van der Waals surface area contributed by atoms with Crippen LogP contribution >= 0.6 is 11.3 Å². The van der Waals surface area contributed by atoms with Crippen molar-refractivity contribution in [3.05, 3.63) is 46.7 Å². The molecule has 0 saturated heterocycles. The fraction of sp³-hybridized carbons (Fsp3) is 0.143. The molecule has 0 spiro atoms. The number of carboxylic acid groups (broad SMARTS) is 1. The van der Waals surface area contributed by atoms with Gasteiger partial charge in [0.05, 0.1) is 10.5 Å². The Balaban J connectivity index is 1.87. The molecule has 0 bridgehead atoms. The summed E-state index contributed by atoms with van der Waals surface area (Å²) in [5, 5.41) is 16.0. The number of nitrogens with zero attached hydrogens (tertiary/aromatic N) is 3. The molecule has 2 N–H and O–H groups in total. The predicted octanol–water partition coefficient (Wildman–Crippen LogP) is 2.44. The first kappa shape index (κ1) is 13.4. The molecule has 0 radical (unpaired) electrons. The van der Waals surface area contributed by atoms with Crippen LogP contribution in [0.4, 0.5) is 5.82 Å². The van der Waals surface area contributed by atoms with Crippen molar-refractivity contribution in [2.75, 3.05) is 11.9 Å².